The van der Waals surface area contributed by atoms with E-state index in [-0.39, 0.29) is 23.7 Å². The SMILES string of the molecule is C[C@@H]1CN(C(C)(C)CNC(=O)CCc2nc3ccccc3s2)C[C@H](C)O1. The lowest BCUT2D eigenvalue weighted by atomic mass is 10.00. The number of nitrogens with one attached hydrogen (secondary N) is 1. The van der Waals surface area contributed by atoms with E-state index in [4.69, 9.17) is 4.74 Å². The molecule has 0 saturated carbocycles. The number of carbonyl (C=O) groups is 1. The number of para-hydroxylation sites is 1. The van der Waals surface area contributed by atoms with Crippen molar-refractivity contribution in [3.05, 3.63) is 29.3 Å². The van der Waals surface area contributed by atoms with E-state index in [9.17, 15) is 4.79 Å². The average molecular weight is 376 g/mol. The van der Waals surface area contributed by atoms with Gasteiger partial charge < -0.3 is 10.1 Å². The summed E-state index contributed by atoms with van der Waals surface area (Å²) < 4.78 is 7.00. The molecular formula is C20H29N3O2S. The number of aryl methyl sites for hydroxylation is 1. The summed E-state index contributed by atoms with van der Waals surface area (Å²) in [6, 6.07) is 8.10. The van der Waals surface area contributed by atoms with Crippen LogP contribution in [-0.4, -0.2) is 53.2 Å². The minimum absolute atomic E-state index is 0.0855. The van der Waals surface area contributed by atoms with Gasteiger partial charge in [0.1, 0.15) is 0 Å². The molecule has 1 N–H and O–H groups in total. The van der Waals surface area contributed by atoms with Gasteiger partial charge in [-0.15, -0.1) is 11.3 Å². The maximum atomic E-state index is 12.3. The number of aromatic nitrogens is 1. The number of amides is 1. The number of rotatable bonds is 6. The summed E-state index contributed by atoms with van der Waals surface area (Å²) >= 11 is 1.67. The van der Waals surface area contributed by atoms with Crippen LogP contribution < -0.4 is 5.32 Å². The Hall–Kier alpha value is -1.50. The molecule has 2 atom stereocenters. The molecule has 1 saturated heterocycles. The topological polar surface area (TPSA) is 54.5 Å². The van der Waals surface area contributed by atoms with Gasteiger partial charge in [0.15, 0.2) is 0 Å². The second-order valence-electron chi connectivity index (χ2n) is 7.83. The molecule has 3 rings (SSSR count). The van der Waals surface area contributed by atoms with E-state index in [0.717, 1.165) is 23.6 Å². The van der Waals surface area contributed by atoms with Crippen LogP contribution in [0, 0.1) is 0 Å². The fraction of sp³-hybridized carbons (Fsp3) is 0.600. The number of nitrogens with zero attached hydrogens (tertiary/aromatic N) is 2. The first-order valence-electron chi connectivity index (χ1n) is 9.35. The molecule has 0 aliphatic carbocycles. The molecule has 5 nitrogen and oxygen atoms in total. The number of fused-ring (bicyclic) bond motifs is 1. The van der Waals surface area contributed by atoms with Crippen LogP contribution >= 0.6 is 11.3 Å². The molecule has 1 aliphatic rings. The minimum Gasteiger partial charge on any atom is -0.373 e. The Bertz CT molecular complexity index is 715. The number of carbonyl (C=O) groups excluding carboxylic acids is 1. The number of hydrogen-bond acceptors (Lipinski definition) is 5. The smallest absolute Gasteiger partial charge is 0.220 e. The Morgan fingerprint density at radius 1 is 1.31 bits per heavy atom. The Morgan fingerprint density at radius 3 is 2.69 bits per heavy atom. The Labute approximate surface area is 159 Å². The lowest BCUT2D eigenvalue weighted by Gasteiger charge is -2.45. The van der Waals surface area contributed by atoms with Crippen molar-refractivity contribution in [3.63, 3.8) is 0 Å². The second-order valence-corrected chi connectivity index (χ2v) is 8.94. The molecule has 2 aromatic rings. The monoisotopic (exact) mass is 375 g/mol. The summed E-state index contributed by atoms with van der Waals surface area (Å²) in [5.74, 6) is 0.0895. The molecule has 0 unspecified atom stereocenters. The summed E-state index contributed by atoms with van der Waals surface area (Å²) in [5.41, 5.74) is 0.933. The van der Waals surface area contributed by atoms with E-state index in [1.54, 1.807) is 11.3 Å². The molecule has 1 aliphatic heterocycles. The zero-order valence-corrected chi connectivity index (χ0v) is 16.9. The van der Waals surface area contributed by atoms with Gasteiger partial charge in [0, 0.05) is 38.0 Å². The van der Waals surface area contributed by atoms with Crippen molar-refractivity contribution in [1.29, 1.82) is 0 Å². The summed E-state index contributed by atoms with van der Waals surface area (Å²) in [6.45, 7) is 11.0. The molecule has 1 aromatic carbocycles. The lowest BCUT2D eigenvalue weighted by Crippen LogP contribution is -2.58. The maximum absolute atomic E-state index is 12.3. The Kier molecular flexibility index (Phi) is 5.95. The van der Waals surface area contributed by atoms with Gasteiger partial charge >= 0.3 is 0 Å². The van der Waals surface area contributed by atoms with E-state index in [2.05, 4.69) is 49.0 Å². The zero-order chi connectivity index (χ0) is 18.7. The van der Waals surface area contributed by atoms with Crippen LogP contribution in [0.3, 0.4) is 0 Å². The van der Waals surface area contributed by atoms with Crippen LogP contribution in [0.25, 0.3) is 10.2 Å². The van der Waals surface area contributed by atoms with Crippen molar-refractivity contribution < 1.29 is 9.53 Å². The molecule has 2 heterocycles. The highest BCUT2D eigenvalue weighted by molar-refractivity contribution is 7.18. The molecule has 0 radical (unpaired) electrons. The van der Waals surface area contributed by atoms with E-state index >= 15 is 0 Å². The van der Waals surface area contributed by atoms with Gasteiger partial charge in [0.25, 0.3) is 0 Å². The summed E-state index contributed by atoms with van der Waals surface area (Å²) in [5, 5.41) is 4.13. The van der Waals surface area contributed by atoms with Crippen LogP contribution in [0.1, 0.15) is 39.1 Å². The van der Waals surface area contributed by atoms with Crippen molar-refractivity contribution in [1.82, 2.24) is 15.2 Å². The van der Waals surface area contributed by atoms with Gasteiger partial charge in [-0.3, -0.25) is 9.69 Å². The van der Waals surface area contributed by atoms with Crippen LogP contribution in [-0.2, 0) is 16.0 Å². The van der Waals surface area contributed by atoms with Gasteiger partial charge in [-0.05, 0) is 39.8 Å². The van der Waals surface area contributed by atoms with E-state index in [0.29, 0.717) is 19.4 Å². The predicted octanol–water partition coefficient (Wildman–Crippen LogP) is 3.23. The van der Waals surface area contributed by atoms with Crippen molar-refractivity contribution in [2.75, 3.05) is 19.6 Å². The van der Waals surface area contributed by atoms with E-state index in [1.165, 1.54) is 4.70 Å². The normalized spacial score (nSPS) is 21.8. The fourth-order valence-electron chi connectivity index (χ4n) is 3.43. The second kappa shape index (κ2) is 8.03. The van der Waals surface area contributed by atoms with E-state index in [1.807, 2.05) is 18.2 Å². The van der Waals surface area contributed by atoms with Gasteiger partial charge in [0.05, 0.1) is 27.4 Å². The first kappa shape index (κ1) is 19.3. The number of ether oxygens (including phenoxy) is 1. The first-order chi connectivity index (χ1) is 12.3. The molecule has 6 heteroatoms. The van der Waals surface area contributed by atoms with Crippen LogP contribution in [0.15, 0.2) is 24.3 Å². The number of morpholine rings is 1. The standard InChI is InChI=1S/C20H29N3O2S/c1-14-11-23(12-15(2)25-14)20(3,4)13-21-18(24)9-10-19-22-16-7-5-6-8-17(16)26-19/h5-8,14-15H,9-13H2,1-4H3,(H,21,24)/t14-,15+. The number of thiazole rings is 1. The average Bonchev–Trinajstić information content (AvgIpc) is 3.00. The fourth-order valence-corrected chi connectivity index (χ4v) is 4.40. The van der Waals surface area contributed by atoms with Crippen molar-refractivity contribution in [2.24, 2.45) is 0 Å². The Morgan fingerprint density at radius 2 is 2.00 bits per heavy atom. The molecule has 0 bridgehead atoms. The van der Waals surface area contributed by atoms with Crippen LogP contribution in [0.2, 0.25) is 0 Å². The van der Waals surface area contributed by atoms with E-state index < -0.39 is 0 Å². The third-order valence-electron chi connectivity index (χ3n) is 4.90. The van der Waals surface area contributed by atoms with Crippen molar-refractivity contribution in [2.45, 2.75) is 58.3 Å². The Balaban J connectivity index is 1.48. The van der Waals surface area contributed by atoms with Gasteiger partial charge in [-0.25, -0.2) is 4.98 Å². The number of hydrogen-bond donors (Lipinski definition) is 1. The summed E-state index contributed by atoms with van der Waals surface area (Å²) in [4.78, 5) is 19.3. The molecule has 1 aromatic heterocycles. The highest BCUT2D eigenvalue weighted by Crippen LogP contribution is 2.23. The van der Waals surface area contributed by atoms with Gasteiger partial charge in [0.2, 0.25) is 5.91 Å². The van der Waals surface area contributed by atoms with Crippen molar-refractivity contribution >= 4 is 27.5 Å². The van der Waals surface area contributed by atoms with Gasteiger partial charge in [-0.1, -0.05) is 12.1 Å². The molecule has 1 fully saturated rings. The van der Waals surface area contributed by atoms with Crippen molar-refractivity contribution in [3.8, 4) is 0 Å². The molecule has 26 heavy (non-hydrogen) atoms. The maximum Gasteiger partial charge on any atom is 0.220 e. The third-order valence-corrected chi connectivity index (χ3v) is 5.99. The minimum atomic E-state index is -0.0855. The van der Waals surface area contributed by atoms with Crippen LogP contribution in [0.4, 0.5) is 0 Å². The number of benzene rings is 1. The summed E-state index contributed by atoms with van der Waals surface area (Å²) in [7, 11) is 0. The first-order valence-corrected chi connectivity index (χ1v) is 10.2. The largest absolute Gasteiger partial charge is 0.373 e. The third kappa shape index (κ3) is 4.81. The molecule has 1 amide bonds. The molecule has 142 valence electrons. The predicted molar refractivity (Wildman–Crippen MR) is 107 cm³/mol. The lowest BCUT2D eigenvalue weighted by molar-refractivity contribution is -0.122. The molecule has 0 spiro atoms. The highest BCUT2D eigenvalue weighted by Gasteiger charge is 2.33. The van der Waals surface area contributed by atoms with Gasteiger partial charge in [-0.2, -0.15) is 0 Å². The zero-order valence-electron chi connectivity index (χ0n) is 16.1. The molecular weight excluding hydrogens is 346 g/mol. The van der Waals surface area contributed by atoms with Crippen LogP contribution in [0.5, 0.6) is 0 Å². The summed E-state index contributed by atoms with van der Waals surface area (Å²) in [6.07, 6.45) is 1.63. The quantitative estimate of drug-likeness (QED) is 0.842. The highest BCUT2D eigenvalue weighted by atomic mass is 32.1.